The number of likely N-dealkylation sites (tertiary alicyclic amines) is 2. The first-order valence-corrected chi connectivity index (χ1v) is 9.70. The molecule has 0 atom stereocenters. The van der Waals surface area contributed by atoms with Crippen molar-refractivity contribution in [1.29, 1.82) is 0 Å². The standard InChI is InChI=1S/C21H30N2O/c1-17-3-5-18(6-4-17)15-22-12-2-9-21(16-22)10-13-23(14-11-21)20(24)19-7-8-19/h3-6,19H,2,7-16H2,1H3. The maximum absolute atomic E-state index is 12.3. The van der Waals surface area contributed by atoms with E-state index in [1.807, 2.05) is 0 Å². The number of carbonyl (C=O) groups is 1. The Morgan fingerprint density at radius 1 is 1.08 bits per heavy atom. The number of benzene rings is 1. The topological polar surface area (TPSA) is 23.6 Å². The van der Waals surface area contributed by atoms with Gasteiger partial charge in [-0.1, -0.05) is 29.8 Å². The molecule has 0 unspecified atom stereocenters. The zero-order chi connectivity index (χ0) is 16.6. The fraction of sp³-hybridized carbons (Fsp3) is 0.667. The molecular formula is C21H30N2O. The lowest BCUT2D eigenvalue weighted by molar-refractivity contribution is -0.135. The third-order valence-electron chi connectivity index (χ3n) is 6.33. The maximum atomic E-state index is 12.3. The molecule has 4 rings (SSSR count). The van der Waals surface area contributed by atoms with Gasteiger partial charge in [0.2, 0.25) is 5.91 Å². The number of hydrogen-bond donors (Lipinski definition) is 0. The van der Waals surface area contributed by atoms with E-state index in [4.69, 9.17) is 0 Å². The van der Waals surface area contributed by atoms with Crippen LogP contribution in [0.1, 0.15) is 49.7 Å². The minimum absolute atomic E-state index is 0.378. The third-order valence-corrected chi connectivity index (χ3v) is 6.33. The molecule has 0 bridgehead atoms. The molecule has 130 valence electrons. The molecular weight excluding hydrogens is 296 g/mol. The van der Waals surface area contributed by atoms with Crippen LogP contribution >= 0.6 is 0 Å². The largest absolute Gasteiger partial charge is 0.342 e. The molecule has 2 aliphatic heterocycles. The predicted molar refractivity (Wildman–Crippen MR) is 96.7 cm³/mol. The normalized spacial score (nSPS) is 24.3. The van der Waals surface area contributed by atoms with Crippen molar-refractivity contribution in [1.82, 2.24) is 9.80 Å². The van der Waals surface area contributed by atoms with Gasteiger partial charge in [-0.3, -0.25) is 9.69 Å². The SMILES string of the molecule is Cc1ccc(CN2CCCC3(CCN(C(=O)C4CC4)CC3)C2)cc1. The van der Waals surface area contributed by atoms with E-state index in [-0.39, 0.29) is 0 Å². The molecule has 2 heterocycles. The van der Waals surface area contributed by atoms with Crippen molar-refractivity contribution < 1.29 is 4.79 Å². The Balaban J connectivity index is 1.34. The van der Waals surface area contributed by atoms with Gasteiger partial charge >= 0.3 is 0 Å². The highest BCUT2D eigenvalue weighted by Gasteiger charge is 2.41. The Morgan fingerprint density at radius 3 is 2.46 bits per heavy atom. The molecule has 0 radical (unpaired) electrons. The van der Waals surface area contributed by atoms with Gasteiger partial charge in [0, 0.05) is 32.1 Å². The number of amides is 1. The van der Waals surface area contributed by atoms with Crippen LogP contribution in [0.3, 0.4) is 0 Å². The Kier molecular flexibility index (Phi) is 4.38. The summed E-state index contributed by atoms with van der Waals surface area (Å²) < 4.78 is 0. The number of nitrogens with zero attached hydrogens (tertiary/aromatic N) is 2. The molecule has 1 spiro atoms. The van der Waals surface area contributed by atoms with Crippen LogP contribution in [-0.2, 0) is 11.3 Å². The molecule has 1 aromatic rings. The van der Waals surface area contributed by atoms with E-state index in [0.29, 0.717) is 17.2 Å². The molecule has 1 saturated carbocycles. The van der Waals surface area contributed by atoms with Crippen molar-refractivity contribution in [2.45, 2.75) is 52.0 Å². The molecule has 3 heteroatoms. The van der Waals surface area contributed by atoms with Crippen molar-refractivity contribution in [2.24, 2.45) is 11.3 Å². The van der Waals surface area contributed by atoms with Crippen molar-refractivity contribution in [3.05, 3.63) is 35.4 Å². The Labute approximate surface area is 146 Å². The summed E-state index contributed by atoms with van der Waals surface area (Å²) in [6, 6.07) is 8.98. The summed E-state index contributed by atoms with van der Waals surface area (Å²) in [5.41, 5.74) is 3.23. The zero-order valence-corrected chi connectivity index (χ0v) is 15.0. The summed E-state index contributed by atoms with van der Waals surface area (Å²) in [7, 11) is 0. The van der Waals surface area contributed by atoms with E-state index in [9.17, 15) is 4.79 Å². The van der Waals surface area contributed by atoms with Gasteiger partial charge in [0.1, 0.15) is 0 Å². The lowest BCUT2D eigenvalue weighted by atomic mass is 9.72. The van der Waals surface area contributed by atoms with E-state index in [1.165, 1.54) is 49.9 Å². The summed E-state index contributed by atoms with van der Waals surface area (Å²) in [6.07, 6.45) is 7.33. The first kappa shape index (κ1) is 16.1. The molecule has 24 heavy (non-hydrogen) atoms. The molecule has 0 aromatic heterocycles. The Hall–Kier alpha value is -1.35. The van der Waals surface area contributed by atoms with Crippen LogP contribution in [0.5, 0.6) is 0 Å². The van der Waals surface area contributed by atoms with Crippen LogP contribution in [0.4, 0.5) is 0 Å². The highest BCUT2D eigenvalue weighted by Crippen LogP contribution is 2.41. The second-order valence-electron chi connectivity index (χ2n) is 8.40. The number of carbonyl (C=O) groups excluding carboxylic acids is 1. The van der Waals surface area contributed by atoms with E-state index in [2.05, 4.69) is 41.0 Å². The van der Waals surface area contributed by atoms with E-state index in [0.717, 1.165) is 32.5 Å². The van der Waals surface area contributed by atoms with Gasteiger partial charge in [0.05, 0.1) is 0 Å². The maximum Gasteiger partial charge on any atom is 0.225 e. The Morgan fingerprint density at radius 2 is 1.79 bits per heavy atom. The number of rotatable bonds is 3. The lowest BCUT2D eigenvalue weighted by Gasteiger charge is -2.48. The summed E-state index contributed by atoms with van der Waals surface area (Å²) in [4.78, 5) is 17.1. The van der Waals surface area contributed by atoms with Gasteiger partial charge in [-0.25, -0.2) is 0 Å². The average molecular weight is 326 g/mol. The van der Waals surface area contributed by atoms with E-state index in [1.54, 1.807) is 0 Å². The van der Waals surface area contributed by atoms with Crippen molar-refractivity contribution >= 4 is 5.91 Å². The molecule has 1 aromatic carbocycles. The summed E-state index contributed by atoms with van der Waals surface area (Å²) in [5.74, 6) is 0.820. The van der Waals surface area contributed by atoms with Crippen LogP contribution in [0.15, 0.2) is 24.3 Å². The van der Waals surface area contributed by atoms with Crippen LogP contribution in [-0.4, -0.2) is 41.9 Å². The summed E-state index contributed by atoms with van der Waals surface area (Å²) in [6.45, 7) is 7.65. The van der Waals surface area contributed by atoms with Crippen LogP contribution in [0.2, 0.25) is 0 Å². The highest BCUT2D eigenvalue weighted by atomic mass is 16.2. The molecule has 1 amide bonds. The Bertz CT molecular complexity index is 582. The highest BCUT2D eigenvalue weighted by molar-refractivity contribution is 5.81. The number of aryl methyl sites for hydroxylation is 1. The monoisotopic (exact) mass is 326 g/mol. The summed E-state index contributed by atoms with van der Waals surface area (Å²) in [5, 5.41) is 0. The quantitative estimate of drug-likeness (QED) is 0.847. The molecule has 0 N–H and O–H groups in total. The molecule has 1 aliphatic carbocycles. The van der Waals surface area contributed by atoms with Gasteiger partial charge in [-0.2, -0.15) is 0 Å². The summed E-state index contributed by atoms with van der Waals surface area (Å²) >= 11 is 0. The second-order valence-corrected chi connectivity index (χ2v) is 8.40. The van der Waals surface area contributed by atoms with Crippen molar-refractivity contribution in [2.75, 3.05) is 26.2 Å². The van der Waals surface area contributed by atoms with E-state index < -0.39 is 0 Å². The van der Waals surface area contributed by atoms with Crippen molar-refractivity contribution in [3.8, 4) is 0 Å². The van der Waals surface area contributed by atoms with E-state index >= 15 is 0 Å². The van der Waals surface area contributed by atoms with Crippen LogP contribution in [0.25, 0.3) is 0 Å². The van der Waals surface area contributed by atoms with Gasteiger partial charge in [-0.15, -0.1) is 0 Å². The minimum atomic E-state index is 0.378. The fourth-order valence-corrected chi connectivity index (χ4v) is 4.59. The number of hydrogen-bond acceptors (Lipinski definition) is 2. The van der Waals surface area contributed by atoms with Crippen LogP contribution < -0.4 is 0 Å². The first-order chi connectivity index (χ1) is 11.6. The smallest absolute Gasteiger partial charge is 0.225 e. The van der Waals surface area contributed by atoms with Gasteiger partial charge in [0.15, 0.2) is 0 Å². The lowest BCUT2D eigenvalue weighted by Crippen LogP contribution is -2.50. The van der Waals surface area contributed by atoms with Crippen molar-refractivity contribution in [3.63, 3.8) is 0 Å². The fourth-order valence-electron chi connectivity index (χ4n) is 4.59. The predicted octanol–water partition coefficient (Wildman–Crippen LogP) is 3.61. The second kappa shape index (κ2) is 6.51. The number of piperidine rings is 2. The van der Waals surface area contributed by atoms with Gasteiger partial charge in [0.25, 0.3) is 0 Å². The first-order valence-electron chi connectivity index (χ1n) is 9.70. The third kappa shape index (κ3) is 3.51. The van der Waals surface area contributed by atoms with Crippen LogP contribution in [0, 0.1) is 18.3 Å². The molecule has 3 aliphatic rings. The molecule has 3 nitrogen and oxygen atoms in total. The average Bonchev–Trinajstić information content (AvgIpc) is 3.42. The molecule has 3 fully saturated rings. The zero-order valence-electron chi connectivity index (χ0n) is 15.0. The molecule has 2 saturated heterocycles. The minimum Gasteiger partial charge on any atom is -0.342 e. The van der Waals surface area contributed by atoms with Gasteiger partial charge < -0.3 is 4.90 Å². The van der Waals surface area contributed by atoms with Gasteiger partial charge in [-0.05, 0) is 63.0 Å².